The van der Waals surface area contributed by atoms with Crippen molar-refractivity contribution in [1.29, 1.82) is 0 Å². The van der Waals surface area contributed by atoms with Crippen molar-refractivity contribution in [3.8, 4) is 0 Å². The highest BCUT2D eigenvalue weighted by Gasteiger charge is 2.52. The molecule has 142 valence electrons. The zero-order valence-electron chi connectivity index (χ0n) is 15.1. The van der Waals surface area contributed by atoms with E-state index in [4.69, 9.17) is 10.7 Å². The molecular weight excluding hydrogens is 350 g/mol. The van der Waals surface area contributed by atoms with Crippen LogP contribution < -0.4 is 5.84 Å². The molecule has 0 spiro atoms. The molecule has 2 amide bonds. The molecule has 2 atom stereocenters. The highest BCUT2D eigenvalue weighted by atomic mass is 16.7. The second-order valence-electron chi connectivity index (χ2n) is 6.62. The number of amidine groups is 1. The predicted molar refractivity (Wildman–Crippen MR) is 95.0 cm³/mol. The number of carbonyl (C=O) groups excluding carboxylic acids is 1. The van der Waals surface area contributed by atoms with Crippen molar-refractivity contribution in [2.45, 2.75) is 18.7 Å². The number of hydrogen-bond acceptors (Lipinski definition) is 6. The summed E-state index contributed by atoms with van der Waals surface area (Å²) in [6, 6.07) is 8.39. The van der Waals surface area contributed by atoms with Crippen LogP contribution in [0.2, 0.25) is 0 Å². The third-order valence-corrected chi connectivity index (χ3v) is 4.95. The van der Waals surface area contributed by atoms with Crippen LogP contribution in [0, 0.1) is 0 Å². The third-order valence-electron chi connectivity index (χ3n) is 4.95. The standard InChI is InChI=1S/C17H21N7O3/c1-21(18)16(20-26)15-14-12(8-19-22(14)2)13-9-23(15)17(25)24(13)27-10-11-6-4-3-5-7-11/h3-8,13,15,26H,9-10,18H2,1-2H3/b20-16-/t13-,15-/m0/s1. The fraction of sp³-hybridized carbons (Fsp3) is 0.353. The summed E-state index contributed by atoms with van der Waals surface area (Å²) in [5, 5.41) is 19.7. The van der Waals surface area contributed by atoms with Crippen LogP contribution in [-0.2, 0) is 18.5 Å². The Balaban J connectivity index is 1.68. The van der Waals surface area contributed by atoms with Gasteiger partial charge in [-0.05, 0) is 5.56 Å². The Morgan fingerprint density at radius 1 is 1.44 bits per heavy atom. The highest BCUT2D eigenvalue weighted by molar-refractivity contribution is 5.93. The number of likely N-dealkylation sites (N-methyl/N-ethyl adjacent to an activating group) is 1. The molecule has 2 aromatic rings. The molecule has 0 unspecified atom stereocenters. The number of nitrogens with zero attached hydrogens (tertiary/aromatic N) is 6. The van der Waals surface area contributed by atoms with Gasteiger partial charge in [-0.3, -0.25) is 14.5 Å². The van der Waals surface area contributed by atoms with Gasteiger partial charge in [0.25, 0.3) is 0 Å². The minimum Gasteiger partial charge on any atom is -0.409 e. The van der Waals surface area contributed by atoms with E-state index < -0.39 is 6.04 Å². The molecule has 1 saturated heterocycles. The van der Waals surface area contributed by atoms with Crippen LogP contribution in [0.4, 0.5) is 4.79 Å². The molecule has 3 heterocycles. The van der Waals surface area contributed by atoms with Crippen LogP contribution in [0.1, 0.15) is 28.9 Å². The Morgan fingerprint density at radius 2 is 2.19 bits per heavy atom. The summed E-state index contributed by atoms with van der Waals surface area (Å²) in [5.74, 6) is 5.98. The van der Waals surface area contributed by atoms with Gasteiger partial charge in [-0.15, -0.1) is 0 Å². The van der Waals surface area contributed by atoms with E-state index in [-0.39, 0.29) is 24.5 Å². The fourth-order valence-electron chi connectivity index (χ4n) is 3.69. The summed E-state index contributed by atoms with van der Waals surface area (Å²) < 4.78 is 1.67. The van der Waals surface area contributed by atoms with Gasteiger partial charge in [-0.2, -0.15) is 10.2 Å². The van der Waals surface area contributed by atoms with Gasteiger partial charge in [0.1, 0.15) is 18.7 Å². The number of nitrogens with two attached hydrogens (primary N) is 1. The van der Waals surface area contributed by atoms with Crippen LogP contribution >= 0.6 is 0 Å². The number of fused-ring (bicyclic) bond motifs is 4. The van der Waals surface area contributed by atoms with Gasteiger partial charge in [0.2, 0.25) is 0 Å². The smallest absolute Gasteiger partial charge is 0.345 e. The van der Waals surface area contributed by atoms with Gasteiger partial charge in [0.05, 0.1) is 18.4 Å². The van der Waals surface area contributed by atoms with Crippen molar-refractivity contribution in [2.75, 3.05) is 13.6 Å². The average Bonchev–Trinajstić information content (AvgIpc) is 3.17. The number of hydroxylamine groups is 2. The molecule has 1 aromatic heterocycles. The number of urea groups is 1. The minimum atomic E-state index is -0.651. The first kappa shape index (κ1) is 17.3. The second kappa shape index (κ2) is 6.56. The van der Waals surface area contributed by atoms with Crippen molar-refractivity contribution in [1.82, 2.24) is 24.8 Å². The normalized spacial score (nSPS) is 21.6. The van der Waals surface area contributed by atoms with Crippen LogP contribution in [0.25, 0.3) is 0 Å². The number of benzene rings is 1. The maximum atomic E-state index is 13.0. The highest BCUT2D eigenvalue weighted by Crippen LogP contribution is 2.44. The molecule has 10 nitrogen and oxygen atoms in total. The van der Waals surface area contributed by atoms with E-state index in [0.29, 0.717) is 6.54 Å². The van der Waals surface area contributed by atoms with Gasteiger partial charge in [0, 0.05) is 19.7 Å². The summed E-state index contributed by atoms with van der Waals surface area (Å²) in [6.45, 7) is 0.665. The van der Waals surface area contributed by atoms with Crippen LogP contribution in [-0.4, -0.2) is 55.4 Å². The Hall–Kier alpha value is -3.11. The Bertz CT molecular complexity index is 880. The van der Waals surface area contributed by atoms with E-state index >= 15 is 0 Å². The largest absolute Gasteiger partial charge is 0.409 e. The number of aryl methyl sites for hydroxylation is 1. The molecule has 4 rings (SSSR count). The van der Waals surface area contributed by atoms with Crippen molar-refractivity contribution in [2.24, 2.45) is 18.0 Å². The van der Waals surface area contributed by atoms with Crippen molar-refractivity contribution in [3.63, 3.8) is 0 Å². The maximum absolute atomic E-state index is 13.0. The van der Waals surface area contributed by atoms with E-state index in [2.05, 4.69) is 10.3 Å². The fourth-order valence-corrected chi connectivity index (χ4v) is 3.69. The number of oxime groups is 1. The number of rotatable bonds is 4. The number of carbonyl (C=O) groups is 1. The third kappa shape index (κ3) is 2.69. The molecule has 2 bridgehead atoms. The van der Waals surface area contributed by atoms with Crippen LogP contribution in [0.3, 0.4) is 0 Å². The van der Waals surface area contributed by atoms with E-state index in [0.717, 1.165) is 16.8 Å². The molecule has 2 aliphatic rings. The number of hydrogen-bond donors (Lipinski definition) is 2. The predicted octanol–water partition coefficient (Wildman–Crippen LogP) is 0.979. The molecule has 10 heteroatoms. The number of hydrazine groups is 1. The maximum Gasteiger partial charge on any atom is 0.345 e. The lowest BCUT2D eigenvalue weighted by atomic mass is 9.97. The lowest BCUT2D eigenvalue weighted by molar-refractivity contribution is -0.141. The lowest BCUT2D eigenvalue weighted by Gasteiger charge is -2.33. The zero-order valence-corrected chi connectivity index (χ0v) is 15.1. The lowest BCUT2D eigenvalue weighted by Crippen LogP contribution is -2.47. The molecule has 3 N–H and O–H groups in total. The molecule has 1 fully saturated rings. The minimum absolute atomic E-state index is 0.150. The first-order valence-corrected chi connectivity index (χ1v) is 8.51. The molecule has 0 aliphatic carbocycles. The molecule has 27 heavy (non-hydrogen) atoms. The van der Waals surface area contributed by atoms with Crippen molar-refractivity contribution < 1.29 is 14.8 Å². The monoisotopic (exact) mass is 371 g/mol. The molecule has 2 aliphatic heterocycles. The summed E-state index contributed by atoms with van der Waals surface area (Å²) in [6.07, 6.45) is 1.72. The quantitative estimate of drug-likeness (QED) is 0.272. The molecule has 0 radical (unpaired) electrons. The number of amides is 2. The van der Waals surface area contributed by atoms with E-state index in [9.17, 15) is 10.0 Å². The number of aromatic nitrogens is 2. The van der Waals surface area contributed by atoms with E-state index in [1.165, 1.54) is 10.1 Å². The van der Waals surface area contributed by atoms with Crippen LogP contribution in [0.5, 0.6) is 0 Å². The first-order valence-electron chi connectivity index (χ1n) is 8.51. The average molecular weight is 371 g/mol. The van der Waals surface area contributed by atoms with Crippen molar-refractivity contribution in [3.05, 3.63) is 53.3 Å². The second-order valence-corrected chi connectivity index (χ2v) is 6.62. The summed E-state index contributed by atoms with van der Waals surface area (Å²) in [7, 11) is 3.34. The van der Waals surface area contributed by atoms with E-state index in [1.807, 2.05) is 30.3 Å². The van der Waals surface area contributed by atoms with E-state index in [1.54, 1.807) is 29.9 Å². The first-order chi connectivity index (χ1) is 13.0. The van der Waals surface area contributed by atoms with Crippen molar-refractivity contribution >= 4 is 11.9 Å². The molecule has 1 aromatic carbocycles. The summed E-state index contributed by atoms with van der Waals surface area (Å²) in [4.78, 5) is 20.5. The molecular formula is C17H21N7O3. The molecule has 0 saturated carbocycles. The Kier molecular flexibility index (Phi) is 4.21. The van der Waals surface area contributed by atoms with Gasteiger partial charge in [0.15, 0.2) is 5.84 Å². The Labute approximate surface area is 155 Å². The van der Waals surface area contributed by atoms with Gasteiger partial charge >= 0.3 is 6.03 Å². The summed E-state index contributed by atoms with van der Waals surface area (Å²) in [5.41, 5.74) is 2.56. The topological polar surface area (TPSA) is 112 Å². The van der Waals surface area contributed by atoms with Gasteiger partial charge in [-0.1, -0.05) is 35.5 Å². The van der Waals surface area contributed by atoms with Gasteiger partial charge < -0.3 is 10.1 Å². The summed E-state index contributed by atoms with van der Waals surface area (Å²) >= 11 is 0. The van der Waals surface area contributed by atoms with Crippen LogP contribution in [0.15, 0.2) is 41.7 Å². The Morgan fingerprint density at radius 3 is 2.85 bits per heavy atom. The SMILES string of the molecule is CN(N)/C(=N\O)[C@@H]1c2c(cnn2C)[C@@H]2CN1C(=O)N2OCc1ccccc1. The zero-order chi connectivity index (χ0) is 19.1. The van der Waals surface area contributed by atoms with Gasteiger partial charge in [-0.25, -0.2) is 10.6 Å².